The Hall–Kier alpha value is -3.88. The van der Waals surface area contributed by atoms with Crippen molar-refractivity contribution in [2.45, 2.75) is 13.3 Å². The number of rotatable bonds is 7. The average molecular weight is 425 g/mol. The molecule has 0 aromatic heterocycles. The van der Waals surface area contributed by atoms with Gasteiger partial charge in [0.2, 0.25) is 5.91 Å². The minimum absolute atomic E-state index is 0.0244. The van der Waals surface area contributed by atoms with Crippen LogP contribution < -0.4 is 15.5 Å². The van der Waals surface area contributed by atoms with E-state index in [1.54, 1.807) is 49.4 Å². The normalized spacial score (nSPS) is 15.4. The summed E-state index contributed by atoms with van der Waals surface area (Å²) in [4.78, 5) is 49.0. The van der Waals surface area contributed by atoms with Gasteiger partial charge in [-0.05, 0) is 30.7 Å². The molecule has 2 aromatic carbocycles. The van der Waals surface area contributed by atoms with E-state index in [0.717, 1.165) is 10.6 Å². The van der Waals surface area contributed by atoms with Crippen molar-refractivity contribution in [3.63, 3.8) is 0 Å². The summed E-state index contributed by atoms with van der Waals surface area (Å²) < 4.78 is 10.2. The SMILES string of the molecule is COc1ccccc1NC(=O)COC(=O)[C@@H]1CC(=O)N(NC(=O)c2ccccc2C)C1. The monoisotopic (exact) mass is 425 g/mol. The molecule has 0 radical (unpaired) electrons. The minimum atomic E-state index is -0.774. The van der Waals surface area contributed by atoms with Gasteiger partial charge in [-0.2, -0.15) is 0 Å². The van der Waals surface area contributed by atoms with Crippen LogP contribution >= 0.6 is 0 Å². The predicted octanol–water partition coefficient (Wildman–Crippen LogP) is 1.68. The molecule has 9 nitrogen and oxygen atoms in total. The fraction of sp³-hybridized carbons (Fsp3) is 0.273. The van der Waals surface area contributed by atoms with Crippen molar-refractivity contribution in [2.24, 2.45) is 5.92 Å². The zero-order valence-corrected chi connectivity index (χ0v) is 17.2. The van der Waals surface area contributed by atoms with Crippen molar-refractivity contribution >= 4 is 29.4 Å². The first-order valence-corrected chi connectivity index (χ1v) is 9.65. The van der Waals surface area contributed by atoms with Crippen LogP contribution in [0.25, 0.3) is 0 Å². The Morgan fingerprint density at radius 3 is 2.55 bits per heavy atom. The van der Waals surface area contributed by atoms with E-state index in [9.17, 15) is 19.2 Å². The van der Waals surface area contributed by atoms with Crippen LogP contribution in [0.5, 0.6) is 5.75 Å². The molecule has 3 amide bonds. The van der Waals surface area contributed by atoms with Crippen LogP contribution in [0.4, 0.5) is 5.69 Å². The van der Waals surface area contributed by atoms with Crippen LogP contribution in [0.15, 0.2) is 48.5 Å². The third-order valence-electron chi connectivity index (χ3n) is 4.81. The largest absolute Gasteiger partial charge is 0.495 e. The van der Waals surface area contributed by atoms with Crippen LogP contribution in [0.3, 0.4) is 0 Å². The van der Waals surface area contributed by atoms with E-state index in [1.165, 1.54) is 7.11 Å². The number of benzene rings is 2. The van der Waals surface area contributed by atoms with E-state index in [0.29, 0.717) is 17.0 Å². The van der Waals surface area contributed by atoms with Gasteiger partial charge in [0.15, 0.2) is 6.61 Å². The van der Waals surface area contributed by atoms with Crippen molar-refractivity contribution in [3.05, 3.63) is 59.7 Å². The van der Waals surface area contributed by atoms with E-state index in [4.69, 9.17) is 9.47 Å². The van der Waals surface area contributed by atoms with E-state index in [-0.39, 0.29) is 13.0 Å². The highest BCUT2D eigenvalue weighted by Gasteiger charge is 2.36. The number of carbonyl (C=O) groups excluding carboxylic acids is 4. The maximum absolute atomic E-state index is 12.4. The number of hydrogen-bond acceptors (Lipinski definition) is 6. The first-order valence-electron chi connectivity index (χ1n) is 9.65. The zero-order valence-electron chi connectivity index (χ0n) is 17.2. The summed E-state index contributed by atoms with van der Waals surface area (Å²) in [7, 11) is 1.48. The molecule has 2 N–H and O–H groups in total. The maximum Gasteiger partial charge on any atom is 0.311 e. The molecule has 1 aliphatic rings. The van der Waals surface area contributed by atoms with Crippen LogP contribution in [-0.2, 0) is 19.1 Å². The standard InChI is InChI=1S/C22H23N3O6/c1-14-7-3-4-8-16(14)21(28)24-25-12-15(11-20(25)27)22(29)31-13-19(26)23-17-9-5-6-10-18(17)30-2/h3-10,15H,11-13H2,1-2H3,(H,23,26)(H,24,28)/t15-/m1/s1. The first kappa shape index (κ1) is 21.8. The van der Waals surface area contributed by atoms with Crippen LogP contribution in [-0.4, -0.2) is 49.0 Å². The van der Waals surface area contributed by atoms with Crippen LogP contribution in [0.1, 0.15) is 22.3 Å². The number of nitrogens with one attached hydrogen (secondary N) is 2. The van der Waals surface area contributed by atoms with Gasteiger partial charge >= 0.3 is 5.97 Å². The number of para-hydroxylation sites is 2. The lowest BCUT2D eigenvalue weighted by Gasteiger charge is -2.18. The van der Waals surface area contributed by atoms with E-state index in [1.807, 2.05) is 6.07 Å². The Balaban J connectivity index is 1.50. The number of nitrogens with zero attached hydrogens (tertiary/aromatic N) is 1. The Labute approximate surface area is 179 Å². The third-order valence-corrected chi connectivity index (χ3v) is 4.81. The summed E-state index contributed by atoms with van der Waals surface area (Å²) in [5, 5.41) is 3.71. The molecule has 1 fully saturated rings. The number of amides is 3. The van der Waals surface area contributed by atoms with Gasteiger partial charge < -0.3 is 14.8 Å². The number of hydrogen-bond donors (Lipinski definition) is 2. The molecule has 9 heteroatoms. The molecule has 0 aliphatic carbocycles. The summed E-state index contributed by atoms with van der Waals surface area (Å²) in [5.74, 6) is -2.35. The second-order valence-electron chi connectivity index (χ2n) is 7.02. The van der Waals surface area contributed by atoms with Crippen molar-refractivity contribution in [3.8, 4) is 5.75 Å². The fourth-order valence-corrected chi connectivity index (χ4v) is 3.17. The summed E-state index contributed by atoms with van der Waals surface area (Å²) in [5.41, 5.74) is 4.18. The van der Waals surface area contributed by atoms with Gasteiger partial charge in [-0.1, -0.05) is 30.3 Å². The molecule has 3 rings (SSSR count). The van der Waals surface area contributed by atoms with Crippen molar-refractivity contribution in [2.75, 3.05) is 25.6 Å². The number of hydrazine groups is 1. The van der Waals surface area contributed by atoms with Gasteiger partial charge in [0, 0.05) is 12.0 Å². The lowest BCUT2D eigenvalue weighted by Crippen LogP contribution is -2.43. The molecule has 1 heterocycles. The molecule has 1 saturated heterocycles. The van der Waals surface area contributed by atoms with Gasteiger partial charge in [0.1, 0.15) is 5.75 Å². The molecular weight excluding hydrogens is 402 g/mol. The lowest BCUT2D eigenvalue weighted by molar-refractivity contribution is -0.151. The number of esters is 1. The minimum Gasteiger partial charge on any atom is -0.495 e. The highest BCUT2D eigenvalue weighted by molar-refractivity contribution is 5.98. The molecule has 1 atom stereocenters. The van der Waals surface area contributed by atoms with Crippen LogP contribution in [0, 0.1) is 12.8 Å². The van der Waals surface area contributed by atoms with Gasteiger partial charge in [-0.15, -0.1) is 0 Å². The Kier molecular flexibility index (Phi) is 6.86. The predicted molar refractivity (Wildman–Crippen MR) is 111 cm³/mol. The van der Waals surface area contributed by atoms with E-state index >= 15 is 0 Å². The van der Waals surface area contributed by atoms with Gasteiger partial charge in [0.25, 0.3) is 11.8 Å². The second kappa shape index (κ2) is 9.75. The second-order valence-corrected chi connectivity index (χ2v) is 7.02. The molecule has 2 aromatic rings. The first-order chi connectivity index (χ1) is 14.9. The van der Waals surface area contributed by atoms with E-state index in [2.05, 4.69) is 10.7 Å². The van der Waals surface area contributed by atoms with Crippen molar-refractivity contribution in [1.29, 1.82) is 0 Å². The highest BCUT2D eigenvalue weighted by Crippen LogP contribution is 2.23. The number of methoxy groups -OCH3 is 1. The Morgan fingerprint density at radius 1 is 1.10 bits per heavy atom. The topological polar surface area (TPSA) is 114 Å². The van der Waals surface area contributed by atoms with Gasteiger partial charge in [-0.25, -0.2) is 0 Å². The third kappa shape index (κ3) is 5.39. The summed E-state index contributed by atoms with van der Waals surface area (Å²) >= 11 is 0. The Bertz CT molecular complexity index is 1010. The lowest BCUT2D eigenvalue weighted by atomic mass is 10.1. The van der Waals surface area contributed by atoms with Gasteiger partial charge in [-0.3, -0.25) is 29.6 Å². The quantitative estimate of drug-likeness (QED) is 0.653. The molecule has 0 saturated carbocycles. The number of aryl methyl sites for hydroxylation is 1. The fourth-order valence-electron chi connectivity index (χ4n) is 3.17. The van der Waals surface area contributed by atoms with Crippen LogP contribution in [0.2, 0.25) is 0 Å². The zero-order chi connectivity index (χ0) is 22.4. The van der Waals surface area contributed by atoms with Gasteiger partial charge in [0.05, 0.1) is 25.3 Å². The highest BCUT2D eigenvalue weighted by atomic mass is 16.5. The summed E-state index contributed by atoms with van der Waals surface area (Å²) in [6, 6.07) is 13.8. The smallest absolute Gasteiger partial charge is 0.311 e. The molecule has 0 unspecified atom stereocenters. The van der Waals surface area contributed by atoms with Crippen molar-refractivity contribution in [1.82, 2.24) is 10.4 Å². The number of carbonyl (C=O) groups is 4. The molecule has 31 heavy (non-hydrogen) atoms. The van der Waals surface area contributed by atoms with Crippen molar-refractivity contribution < 1.29 is 28.7 Å². The molecule has 0 bridgehead atoms. The summed E-state index contributed by atoms with van der Waals surface area (Å²) in [6.07, 6.45) is -0.110. The Morgan fingerprint density at radius 2 is 1.81 bits per heavy atom. The molecular formula is C22H23N3O6. The molecule has 0 spiro atoms. The molecule has 1 aliphatic heterocycles. The molecule has 162 valence electrons. The average Bonchev–Trinajstić information content (AvgIpc) is 3.13. The van der Waals surface area contributed by atoms with E-state index < -0.39 is 36.2 Å². The number of anilines is 1. The maximum atomic E-state index is 12.4. The summed E-state index contributed by atoms with van der Waals surface area (Å²) in [6.45, 7) is 1.26. The number of ether oxygens (including phenoxy) is 2.